The lowest BCUT2D eigenvalue weighted by atomic mass is 10.4. The third-order valence-electron chi connectivity index (χ3n) is 3.88. The number of imidazole rings is 1. The molecule has 0 spiro atoms. The summed E-state index contributed by atoms with van der Waals surface area (Å²) in [4.78, 5) is 17.9. The van der Waals surface area contributed by atoms with E-state index in [1.54, 1.807) is 20.2 Å². The van der Waals surface area contributed by atoms with Crippen LogP contribution in [0.4, 0.5) is 0 Å². The second kappa shape index (κ2) is 10.7. The Balaban J connectivity index is 2.02. The molecule has 0 saturated heterocycles. The molecule has 2 aromatic heterocycles. The topological polar surface area (TPSA) is 86.7 Å². The van der Waals surface area contributed by atoms with Crippen LogP contribution in [0, 0.1) is 6.57 Å². The number of hydrogen-bond acceptors (Lipinski definition) is 7. The summed E-state index contributed by atoms with van der Waals surface area (Å²) in [6.07, 6.45) is 3.36. The molecule has 0 bridgehead atoms. The molecule has 0 aliphatic carbocycles. The highest BCUT2D eigenvalue weighted by molar-refractivity contribution is 7.53. The predicted molar refractivity (Wildman–Crippen MR) is 104 cm³/mol. The highest BCUT2D eigenvalue weighted by Crippen LogP contribution is 2.47. The standard InChI is InChI=1S/C16H24ClN6O3P/c1-4-25-27(24,26-5-2)11-10-22(7-6-18-3)8-9-23-13-21-14-15(17)19-12-20-16(14)23/h12-13H,4-11H2,1-2H3. The van der Waals surface area contributed by atoms with Crippen molar-refractivity contribution in [2.24, 2.45) is 0 Å². The summed E-state index contributed by atoms with van der Waals surface area (Å²) in [5.41, 5.74) is 1.22. The number of fused-ring (bicyclic) bond motifs is 1. The Hall–Kier alpha value is -1.56. The van der Waals surface area contributed by atoms with Gasteiger partial charge in [-0.2, -0.15) is 0 Å². The number of halogens is 1. The van der Waals surface area contributed by atoms with Gasteiger partial charge in [0.05, 0.1) is 32.2 Å². The highest BCUT2D eigenvalue weighted by atomic mass is 35.5. The summed E-state index contributed by atoms with van der Waals surface area (Å²) < 4.78 is 25.2. The lowest BCUT2D eigenvalue weighted by molar-refractivity contribution is 0.212. The average Bonchev–Trinajstić information content (AvgIpc) is 3.06. The first-order chi connectivity index (χ1) is 13.0. The van der Waals surface area contributed by atoms with Crippen LogP contribution in [0.2, 0.25) is 5.15 Å². The van der Waals surface area contributed by atoms with E-state index in [-0.39, 0.29) is 6.16 Å². The summed E-state index contributed by atoms with van der Waals surface area (Å²) in [7, 11) is -3.11. The number of aromatic nitrogens is 4. The minimum atomic E-state index is -3.11. The number of hydrogen-bond donors (Lipinski definition) is 0. The van der Waals surface area contributed by atoms with E-state index in [0.717, 1.165) is 0 Å². The Morgan fingerprint density at radius 1 is 1.22 bits per heavy atom. The van der Waals surface area contributed by atoms with Gasteiger partial charge in [-0.05, 0) is 13.8 Å². The van der Waals surface area contributed by atoms with Crippen LogP contribution in [0.15, 0.2) is 12.7 Å². The smallest absolute Gasteiger partial charge is 0.316 e. The second-order valence-corrected chi connectivity index (χ2v) is 8.21. The SMILES string of the molecule is [C-]#[N+]CCN(CCn1cnc2c(Cl)ncnc21)CCP(=O)(OCC)OCC. The molecule has 11 heteroatoms. The van der Waals surface area contributed by atoms with Gasteiger partial charge in [0.15, 0.2) is 10.8 Å². The van der Waals surface area contributed by atoms with Gasteiger partial charge in [0.2, 0.25) is 6.54 Å². The van der Waals surface area contributed by atoms with Crippen molar-refractivity contribution in [3.8, 4) is 0 Å². The van der Waals surface area contributed by atoms with Crippen LogP contribution < -0.4 is 0 Å². The van der Waals surface area contributed by atoms with E-state index in [1.807, 2.05) is 4.57 Å². The van der Waals surface area contributed by atoms with Crippen LogP contribution in [0.3, 0.4) is 0 Å². The molecule has 2 heterocycles. The van der Waals surface area contributed by atoms with Gasteiger partial charge in [0.25, 0.3) is 0 Å². The molecule has 0 aromatic carbocycles. The maximum atomic E-state index is 12.7. The predicted octanol–water partition coefficient (Wildman–Crippen LogP) is 2.97. The van der Waals surface area contributed by atoms with Crippen LogP contribution >= 0.6 is 19.2 Å². The van der Waals surface area contributed by atoms with Crippen molar-refractivity contribution in [2.45, 2.75) is 20.4 Å². The molecule has 148 valence electrons. The molecule has 0 radical (unpaired) electrons. The fourth-order valence-electron chi connectivity index (χ4n) is 2.62. The first kappa shape index (κ1) is 21.7. The molecule has 0 N–H and O–H groups in total. The Morgan fingerprint density at radius 2 is 1.96 bits per heavy atom. The lowest BCUT2D eigenvalue weighted by Crippen LogP contribution is -2.32. The normalized spacial score (nSPS) is 12.0. The van der Waals surface area contributed by atoms with Crippen molar-refractivity contribution in [1.29, 1.82) is 0 Å². The molecule has 0 unspecified atom stereocenters. The van der Waals surface area contributed by atoms with Gasteiger partial charge in [-0.25, -0.2) is 21.5 Å². The van der Waals surface area contributed by atoms with E-state index >= 15 is 0 Å². The monoisotopic (exact) mass is 414 g/mol. The minimum Gasteiger partial charge on any atom is -0.316 e. The molecule has 2 rings (SSSR count). The first-order valence-electron chi connectivity index (χ1n) is 8.78. The molecule has 0 saturated carbocycles. The lowest BCUT2D eigenvalue weighted by Gasteiger charge is -2.23. The van der Waals surface area contributed by atoms with E-state index in [4.69, 9.17) is 27.2 Å². The highest BCUT2D eigenvalue weighted by Gasteiger charge is 2.24. The quantitative estimate of drug-likeness (QED) is 0.300. The zero-order valence-electron chi connectivity index (χ0n) is 15.5. The van der Waals surface area contributed by atoms with Crippen molar-refractivity contribution < 1.29 is 13.6 Å². The zero-order chi connectivity index (χ0) is 19.7. The summed E-state index contributed by atoms with van der Waals surface area (Å²) in [5.74, 6) is 0. The fourth-order valence-corrected chi connectivity index (χ4v) is 4.44. The molecule has 0 atom stereocenters. The van der Waals surface area contributed by atoms with E-state index in [9.17, 15) is 4.57 Å². The third kappa shape index (κ3) is 6.23. The molecular weight excluding hydrogens is 391 g/mol. The van der Waals surface area contributed by atoms with E-state index < -0.39 is 7.60 Å². The molecular formula is C16H24ClN6O3P. The molecule has 0 fully saturated rings. The zero-order valence-corrected chi connectivity index (χ0v) is 17.2. The van der Waals surface area contributed by atoms with Crippen LogP contribution in [0.1, 0.15) is 13.8 Å². The van der Waals surface area contributed by atoms with Crippen molar-refractivity contribution in [1.82, 2.24) is 24.4 Å². The molecule has 0 aliphatic rings. The summed E-state index contributed by atoms with van der Waals surface area (Å²) in [6, 6.07) is 0. The van der Waals surface area contributed by atoms with E-state index in [0.29, 0.717) is 62.3 Å². The van der Waals surface area contributed by atoms with Gasteiger partial charge in [-0.1, -0.05) is 11.6 Å². The van der Waals surface area contributed by atoms with Crippen molar-refractivity contribution in [3.05, 3.63) is 29.2 Å². The Labute approximate surface area is 164 Å². The van der Waals surface area contributed by atoms with Gasteiger partial charge in [-0.15, -0.1) is 0 Å². The second-order valence-electron chi connectivity index (χ2n) is 5.67. The van der Waals surface area contributed by atoms with Crippen molar-refractivity contribution >= 4 is 30.4 Å². The largest absolute Gasteiger partial charge is 0.331 e. The molecule has 0 aliphatic heterocycles. The van der Waals surface area contributed by atoms with Crippen LogP contribution in [-0.4, -0.2) is 70.0 Å². The summed E-state index contributed by atoms with van der Waals surface area (Å²) in [5, 5.41) is 0.318. The summed E-state index contributed by atoms with van der Waals surface area (Å²) >= 11 is 6.03. The summed E-state index contributed by atoms with van der Waals surface area (Å²) in [6.45, 7) is 14.0. The number of nitrogens with zero attached hydrogens (tertiary/aromatic N) is 6. The Morgan fingerprint density at radius 3 is 2.63 bits per heavy atom. The molecule has 9 nitrogen and oxygen atoms in total. The van der Waals surface area contributed by atoms with Crippen LogP contribution in [0.5, 0.6) is 0 Å². The Kier molecular flexibility index (Phi) is 8.61. The van der Waals surface area contributed by atoms with Crippen molar-refractivity contribution in [2.75, 3.05) is 45.6 Å². The van der Waals surface area contributed by atoms with Gasteiger partial charge in [0.1, 0.15) is 11.8 Å². The van der Waals surface area contributed by atoms with Crippen LogP contribution in [-0.2, 0) is 20.2 Å². The van der Waals surface area contributed by atoms with Crippen molar-refractivity contribution in [3.63, 3.8) is 0 Å². The van der Waals surface area contributed by atoms with Gasteiger partial charge in [-0.3, -0.25) is 9.46 Å². The molecule has 2 aromatic rings. The Bertz CT molecular complexity index is 814. The van der Waals surface area contributed by atoms with E-state index in [2.05, 4.69) is 24.7 Å². The minimum absolute atomic E-state index is 0.283. The fraction of sp³-hybridized carbons (Fsp3) is 0.625. The molecule has 27 heavy (non-hydrogen) atoms. The maximum absolute atomic E-state index is 12.7. The average molecular weight is 415 g/mol. The van der Waals surface area contributed by atoms with Gasteiger partial charge in [0, 0.05) is 19.6 Å². The van der Waals surface area contributed by atoms with Crippen LogP contribution in [0.25, 0.3) is 16.0 Å². The van der Waals surface area contributed by atoms with Gasteiger partial charge < -0.3 is 18.5 Å². The third-order valence-corrected chi connectivity index (χ3v) is 6.21. The number of rotatable bonds is 12. The maximum Gasteiger partial charge on any atom is 0.331 e. The molecule has 0 amide bonds. The first-order valence-corrected chi connectivity index (χ1v) is 10.9. The van der Waals surface area contributed by atoms with Gasteiger partial charge >= 0.3 is 7.60 Å². The van der Waals surface area contributed by atoms with E-state index in [1.165, 1.54) is 6.33 Å².